The molecular formula is C22H38N4O4. The second-order valence-corrected chi connectivity index (χ2v) is 7.60. The topological polar surface area (TPSA) is 104 Å². The maximum atomic E-state index is 11.4. The van der Waals surface area contributed by atoms with Crippen molar-refractivity contribution in [3.8, 4) is 0 Å². The molecular weight excluding hydrogens is 384 g/mol. The van der Waals surface area contributed by atoms with E-state index in [2.05, 4.69) is 34.6 Å². The molecule has 1 heterocycles. The van der Waals surface area contributed by atoms with Crippen LogP contribution < -0.4 is 10.6 Å². The van der Waals surface area contributed by atoms with Crippen molar-refractivity contribution in [2.45, 2.75) is 65.0 Å². The second kappa shape index (κ2) is 13.9. The number of hydrogen-bond acceptors (Lipinski definition) is 6. The van der Waals surface area contributed by atoms with Crippen molar-refractivity contribution in [1.82, 2.24) is 15.2 Å². The van der Waals surface area contributed by atoms with Crippen molar-refractivity contribution in [3.63, 3.8) is 0 Å². The van der Waals surface area contributed by atoms with Crippen molar-refractivity contribution < 1.29 is 19.4 Å². The fourth-order valence-electron chi connectivity index (χ4n) is 3.36. The van der Waals surface area contributed by atoms with Gasteiger partial charge in [-0.25, -0.2) is 9.78 Å². The van der Waals surface area contributed by atoms with Crippen LogP contribution in [-0.4, -0.2) is 72.8 Å². The maximum absolute atomic E-state index is 11.4. The average molecular weight is 423 g/mol. The Bertz CT molecular complexity index is 669. The summed E-state index contributed by atoms with van der Waals surface area (Å²) in [5, 5.41) is 15.0. The van der Waals surface area contributed by atoms with Crippen molar-refractivity contribution in [3.05, 3.63) is 23.4 Å². The summed E-state index contributed by atoms with van der Waals surface area (Å²) in [5.41, 5.74) is 2.29. The lowest BCUT2D eigenvalue weighted by Gasteiger charge is -2.26. The van der Waals surface area contributed by atoms with E-state index in [1.807, 2.05) is 14.0 Å². The lowest BCUT2D eigenvalue weighted by atomic mass is 10.1. The zero-order chi connectivity index (χ0) is 22.5. The Balaban J connectivity index is 2.57. The number of aryl methyl sites for hydroxylation is 2. The Kier molecular flexibility index (Phi) is 12.0. The number of carbonyl (C=O) groups is 2. The van der Waals surface area contributed by atoms with Gasteiger partial charge in [0.05, 0.1) is 6.10 Å². The molecule has 0 aliphatic rings. The molecule has 8 nitrogen and oxygen atoms in total. The molecule has 2 atom stereocenters. The number of pyridine rings is 1. The zero-order valence-electron chi connectivity index (χ0n) is 19.0. The molecule has 30 heavy (non-hydrogen) atoms. The predicted molar refractivity (Wildman–Crippen MR) is 119 cm³/mol. The highest BCUT2D eigenvalue weighted by molar-refractivity contribution is 5.82. The summed E-state index contributed by atoms with van der Waals surface area (Å²) < 4.78 is 5.38. The van der Waals surface area contributed by atoms with Gasteiger partial charge in [-0.15, -0.1) is 0 Å². The van der Waals surface area contributed by atoms with Crippen LogP contribution in [0.3, 0.4) is 0 Å². The van der Waals surface area contributed by atoms with Crippen LogP contribution >= 0.6 is 0 Å². The first-order valence-electron chi connectivity index (χ1n) is 10.7. The van der Waals surface area contributed by atoms with Gasteiger partial charge in [-0.3, -0.25) is 4.79 Å². The third-order valence-corrected chi connectivity index (χ3v) is 5.14. The number of rotatable bonds is 15. The van der Waals surface area contributed by atoms with E-state index in [1.165, 1.54) is 12.5 Å². The minimum Gasteiger partial charge on any atom is -0.480 e. The third kappa shape index (κ3) is 9.54. The van der Waals surface area contributed by atoms with Crippen LogP contribution in [0.5, 0.6) is 0 Å². The number of aromatic nitrogens is 1. The Hall–Kier alpha value is -2.19. The number of carbonyl (C=O) groups excluding carboxylic acids is 1. The average Bonchev–Trinajstić information content (AvgIpc) is 2.72. The van der Waals surface area contributed by atoms with E-state index in [-0.39, 0.29) is 12.0 Å². The molecule has 1 aromatic heterocycles. The van der Waals surface area contributed by atoms with Gasteiger partial charge in [0.25, 0.3) is 0 Å². The van der Waals surface area contributed by atoms with Crippen LogP contribution in [0, 0.1) is 0 Å². The number of ether oxygens (including phenoxy) is 1. The number of anilines is 1. The highest BCUT2D eigenvalue weighted by atomic mass is 16.5. The van der Waals surface area contributed by atoms with Gasteiger partial charge in [-0.2, -0.15) is 0 Å². The molecule has 0 aliphatic heterocycles. The first kappa shape index (κ1) is 25.8. The number of carboxylic acids is 1. The van der Waals surface area contributed by atoms with E-state index in [0.717, 1.165) is 50.3 Å². The summed E-state index contributed by atoms with van der Waals surface area (Å²) in [6.45, 7) is 7.59. The SMILES string of the molecule is CCc1ccc(CCCCN(CCC(NC(C)=O)C(=O)O)CC(C)OC)nc1NC. The van der Waals surface area contributed by atoms with Crippen LogP contribution in [0.2, 0.25) is 0 Å². The molecule has 1 rings (SSSR count). The number of nitrogens with one attached hydrogen (secondary N) is 2. The van der Waals surface area contributed by atoms with Crippen molar-refractivity contribution in [1.29, 1.82) is 0 Å². The van der Waals surface area contributed by atoms with E-state index < -0.39 is 12.0 Å². The van der Waals surface area contributed by atoms with E-state index in [9.17, 15) is 14.7 Å². The molecule has 0 aromatic carbocycles. The Morgan fingerprint density at radius 3 is 2.57 bits per heavy atom. The number of unbranched alkanes of at least 4 members (excludes halogenated alkanes) is 1. The standard InChI is InChI=1S/C22H38N4O4/c1-6-18-10-11-19(25-21(18)23-4)9-7-8-13-26(15-16(2)30-5)14-12-20(22(28)29)24-17(3)27/h10-11,16,20H,6-9,12-15H2,1-5H3,(H,23,25)(H,24,27)(H,28,29). The van der Waals surface area contributed by atoms with E-state index in [0.29, 0.717) is 13.0 Å². The van der Waals surface area contributed by atoms with Gasteiger partial charge < -0.3 is 25.4 Å². The van der Waals surface area contributed by atoms with Crippen LogP contribution in [0.15, 0.2) is 12.1 Å². The summed E-state index contributed by atoms with van der Waals surface area (Å²) in [6.07, 6.45) is 4.22. The highest BCUT2D eigenvalue weighted by Gasteiger charge is 2.20. The number of nitrogens with zero attached hydrogens (tertiary/aromatic N) is 2. The number of hydrogen-bond donors (Lipinski definition) is 3. The molecule has 3 N–H and O–H groups in total. The largest absolute Gasteiger partial charge is 0.480 e. The monoisotopic (exact) mass is 422 g/mol. The third-order valence-electron chi connectivity index (χ3n) is 5.14. The summed E-state index contributed by atoms with van der Waals surface area (Å²) in [4.78, 5) is 29.5. The van der Waals surface area contributed by atoms with Gasteiger partial charge in [0.2, 0.25) is 5.91 Å². The van der Waals surface area contributed by atoms with Crippen LogP contribution in [0.1, 0.15) is 51.3 Å². The smallest absolute Gasteiger partial charge is 0.326 e. The molecule has 0 saturated carbocycles. The van der Waals surface area contributed by atoms with Crippen LogP contribution in [0.25, 0.3) is 0 Å². The van der Waals surface area contributed by atoms with Gasteiger partial charge in [0.15, 0.2) is 0 Å². The summed E-state index contributed by atoms with van der Waals surface area (Å²) in [5.74, 6) is -0.392. The van der Waals surface area contributed by atoms with Gasteiger partial charge in [0, 0.05) is 39.9 Å². The van der Waals surface area contributed by atoms with Gasteiger partial charge in [-0.1, -0.05) is 13.0 Å². The molecule has 0 bridgehead atoms. The first-order valence-corrected chi connectivity index (χ1v) is 10.7. The van der Waals surface area contributed by atoms with Crippen molar-refractivity contribution in [2.24, 2.45) is 0 Å². The van der Waals surface area contributed by atoms with E-state index in [4.69, 9.17) is 9.72 Å². The summed E-state index contributed by atoms with van der Waals surface area (Å²) in [7, 11) is 3.57. The molecule has 2 unspecified atom stereocenters. The quantitative estimate of drug-likeness (QED) is 0.373. The molecule has 0 aliphatic carbocycles. The summed E-state index contributed by atoms with van der Waals surface area (Å²) >= 11 is 0. The molecule has 1 amide bonds. The van der Waals surface area contributed by atoms with E-state index >= 15 is 0 Å². The first-order chi connectivity index (χ1) is 14.3. The normalized spacial score (nSPS) is 13.1. The molecule has 0 fully saturated rings. The van der Waals surface area contributed by atoms with Crippen molar-refractivity contribution >= 4 is 17.7 Å². The number of carboxylic acid groups (broad SMARTS) is 1. The fraction of sp³-hybridized carbons (Fsp3) is 0.682. The minimum absolute atomic E-state index is 0.0514. The molecule has 1 aromatic rings. The molecule has 0 spiro atoms. The van der Waals surface area contributed by atoms with E-state index in [1.54, 1.807) is 7.11 Å². The number of aliphatic carboxylic acids is 1. The molecule has 8 heteroatoms. The summed E-state index contributed by atoms with van der Waals surface area (Å²) in [6, 6.07) is 3.36. The number of methoxy groups -OCH3 is 1. The maximum Gasteiger partial charge on any atom is 0.326 e. The zero-order valence-corrected chi connectivity index (χ0v) is 19.0. The second-order valence-electron chi connectivity index (χ2n) is 7.60. The van der Waals surface area contributed by atoms with Gasteiger partial charge in [0.1, 0.15) is 11.9 Å². The lowest BCUT2D eigenvalue weighted by molar-refractivity contribution is -0.141. The van der Waals surface area contributed by atoms with Crippen molar-refractivity contribution in [2.75, 3.05) is 39.1 Å². The Morgan fingerprint density at radius 1 is 1.27 bits per heavy atom. The number of amides is 1. The highest BCUT2D eigenvalue weighted by Crippen LogP contribution is 2.15. The predicted octanol–water partition coefficient (Wildman–Crippen LogP) is 2.32. The molecule has 0 radical (unpaired) electrons. The van der Waals surface area contributed by atoms with Gasteiger partial charge >= 0.3 is 5.97 Å². The fourth-order valence-corrected chi connectivity index (χ4v) is 3.36. The Labute approximate surface area is 180 Å². The van der Waals surface area contributed by atoms with Crippen LogP contribution in [-0.2, 0) is 27.2 Å². The molecule has 0 saturated heterocycles. The van der Waals surface area contributed by atoms with Crippen LogP contribution in [0.4, 0.5) is 5.82 Å². The van der Waals surface area contributed by atoms with Gasteiger partial charge in [-0.05, 0) is 57.2 Å². The lowest BCUT2D eigenvalue weighted by Crippen LogP contribution is -2.43. The minimum atomic E-state index is -1.01. The molecule has 170 valence electrons. The Morgan fingerprint density at radius 2 is 2.00 bits per heavy atom.